The van der Waals surface area contributed by atoms with Crippen LogP contribution >= 0.6 is 0 Å². The molecule has 17 nitrogen and oxygen atoms in total. The van der Waals surface area contributed by atoms with Gasteiger partial charge in [0.15, 0.2) is 36.7 Å². The summed E-state index contributed by atoms with van der Waals surface area (Å²) in [7, 11) is 1.03. The van der Waals surface area contributed by atoms with E-state index < -0.39 is 84.8 Å². The smallest absolute Gasteiger partial charge is 0.408 e. The third-order valence-corrected chi connectivity index (χ3v) is 4.39. The zero-order chi connectivity index (χ0) is 29.2. The summed E-state index contributed by atoms with van der Waals surface area (Å²) in [6.45, 7) is 6.92. The number of hydrogen-bond acceptors (Lipinski definition) is 14. The Balaban J connectivity index is 3.28. The molecular weight excluding hydrogens is 516 g/mol. The Bertz CT molecular complexity index is 973. The summed E-state index contributed by atoms with van der Waals surface area (Å²) in [6, 6.07) is -1.53. The largest absolute Gasteiger partial charge is 0.467 e. The van der Waals surface area contributed by atoms with Gasteiger partial charge in [0.25, 0.3) is 0 Å². The average molecular weight is 546 g/mol. The van der Waals surface area contributed by atoms with Crippen LogP contribution in [-0.4, -0.2) is 91.9 Å². The number of rotatable bonds is 9. The first-order chi connectivity index (χ1) is 17.6. The highest BCUT2D eigenvalue weighted by atomic mass is 16.7. The van der Waals surface area contributed by atoms with E-state index in [0.29, 0.717) is 0 Å². The van der Waals surface area contributed by atoms with E-state index in [1.54, 1.807) is 20.8 Å². The summed E-state index contributed by atoms with van der Waals surface area (Å²) in [6.07, 6.45) is -9.66. The Morgan fingerprint density at radius 3 is 1.95 bits per heavy atom. The number of nitrogens with one attached hydrogen (secondary N) is 1. The maximum absolute atomic E-state index is 13.0. The summed E-state index contributed by atoms with van der Waals surface area (Å²) < 4.78 is 35.5. The molecule has 0 spiro atoms. The van der Waals surface area contributed by atoms with Crippen LogP contribution in [0.2, 0.25) is 0 Å². The van der Waals surface area contributed by atoms with Crippen LogP contribution in [0.15, 0.2) is 5.11 Å². The van der Waals surface area contributed by atoms with Crippen LogP contribution in [0.1, 0.15) is 41.5 Å². The van der Waals surface area contributed by atoms with Crippen molar-refractivity contribution in [1.82, 2.24) is 5.32 Å². The zero-order valence-corrected chi connectivity index (χ0v) is 21.8. The number of amides is 1. The number of ether oxygens (including phenoxy) is 7. The molecule has 38 heavy (non-hydrogen) atoms. The molecule has 0 saturated carbocycles. The van der Waals surface area contributed by atoms with Crippen LogP contribution < -0.4 is 5.32 Å². The second kappa shape index (κ2) is 14.0. The molecule has 1 N–H and O–H groups in total. The molecule has 0 aromatic heterocycles. The highest BCUT2D eigenvalue weighted by molar-refractivity contribution is 5.82. The van der Waals surface area contributed by atoms with Crippen molar-refractivity contribution in [3.8, 4) is 0 Å². The lowest BCUT2D eigenvalue weighted by molar-refractivity contribution is -0.248. The van der Waals surface area contributed by atoms with Crippen LogP contribution in [0, 0.1) is 0 Å². The molecular formula is C21H30N4O13. The normalized spacial score (nSPS) is 23.4. The zero-order valence-electron chi connectivity index (χ0n) is 21.8. The molecule has 0 radical (unpaired) electrons. The topological polar surface area (TPSA) is 228 Å². The van der Waals surface area contributed by atoms with Crippen molar-refractivity contribution >= 4 is 35.9 Å². The fourth-order valence-corrected chi connectivity index (χ4v) is 3.13. The SMILES string of the molecule is COC(=O)[C@H](COC(=O)[C@H]1O[C@@H](N=[N+]=[N-])[C@H](OC(C)=O)[C@@H](OC(C)=O)[C@@H]1OC(C)=O)NC(=O)OC(C)(C)C. The third-order valence-electron chi connectivity index (χ3n) is 4.39. The lowest BCUT2D eigenvalue weighted by Gasteiger charge is -2.42. The summed E-state index contributed by atoms with van der Waals surface area (Å²) >= 11 is 0. The van der Waals surface area contributed by atoms with E-state index in [2.05, 4.69) is 20.1 Å². The Morgan fingerprint density at radius 2 is 1.47 bits per heavy atom. The van der Waals surface area contributed by atoms with Gasteiger partial charge in [-0.3, -0.25) is 14.4 Å². The number of carbonyl (C=O) groups is 6. The number of azide groups is 1. The fraction of sp³-hybridized carbons (Fsp3) is 0.714. The number of carbonyl (C=O) groups excluding carboxylic acids is 6. The second-order valence-corrected chi connectivity index (χ2v) is 8.73. The summed E-state index contributed by atoms with van der Waals surface area (Å²) in [5.41, 5.74) is 8.02. The number of hydrogen-bond donors (Lipinski definition) is 1. The van der Waals surface area contributed by atoms with Crippen LogP contribution in [0.3, 0.4) is 0 Å². The molecule has 6 atom stereocenters. The molecule has 1 rings (SSSR count). The van der Waals surface area contributed by atoms with Crippen molar-refractivity contribution in [2.24, 2.45) is 5.11 Å². The quantitative estimate of drug-likeness (QED) is 0.136. The molecule has 1 fully saturated rings. The van der Waals surface area contributed by atoms with Gasteiger partial charge in [0.1, 0.15) is 12.2 Å². The minimum Gasteiger partial charge on any atom is -0.467 e. The highest BCUT2D eigenvalue weighted by Gasteiger charge is 2.54. The van der Waals surface area contributed by atoms with Crippen LogP contribution in [0.5, 0.6) is 0 Å². The van der Waals surface area contributed by atoms with Crippen LogP contribution in [-0.2, 0) is 57.1 Å². The molecule has 212 valence electrons. The van der Waals surface area contributed by atoms with Gasteiger partial charge < -0.3 is 38.5 Å². The van der Waals surface area contributed by atoms with E-state index in [0.717, 1.165) is 27.9 Å². The van der Waals surface area contributed by atoms with Gasteiger partial charge >= 0.3 is 35.9 Å². The molecule has 0 aliphatic carbocycles. The van der Waals surface area contributed by atoms with E-state index >= 15 is 0 Å². The van der Waals surface area contributed by atoms with E-state index in [-0.39, 0.29) is 0 Å². The summed E-state index contributed by atoms with van der Waals surface area (Å²) in [4.78, 5) is 75.0. The van der Waals surface area contributed by atoms with Crippen molar-refractivity contribution < 1.29 is 61.9 Å². The summed E-state index contributed by atoms with van der Waals surface area (Å²) in [5.74, 6) is -5.05. The number of esters is 5. The third kappa shape index (κ3) is 10.1. The predicted molar refractivity (Wildman–Crippen MR) is 121 cm³/mol. The van der Waals surface area contributed by atoms with Gasteiger partial charge in [0, 0.05) is 25.7 Å². The van der Waals surface area contributed by atoms with Gasteiger partial charge in [-0.15, -0.1) is 0 Å². The highest BCUT2D eigenvalue weighted by Crippen LogP contribution is 2.30. The molecule has 0 aromatic rings. The standard InChI is InChI=1S/C21H30N4O13/c1-9(26)34-13-14(35-10(2)27)16(37-17(24-25-22)15(13)36-11(3)28)19(30)33-8-12(18(29)32-7)23-20(31)38-21(4,5)6/h12-17H,8H2,1-7H3,(H,23,31)/t12-,13-,14-,15+,16-,17+/m0/s1. The summed E-state index contributed by atoms with van der Waals surface area (Å²) in [5, 5.41) is 5.51. The fourth-order valence-electron chi connectivity index (χ4n) is 3.13. The monoisotopic (exact) mass is 546 g/mol. The Morgan fingerprint density at radius 1 is 0.947 bits per heavy atom. The van der Waals surface area contributed by atoms with E-state index in [9.17, 15) is 28.8 Å². The van der Waals surface area contributed by atoms with E-state index in [1.165, 1.54) is 0 Å². The lowest BCUT2D eigenvalue weighted by atomic mass is 9.97. The van der Waals surface area contributed by atoms with Gasteiger partial charge in [-0.05, 0) is 26.3 Å². The molecule has 0 bridgehead atoms. The Hall–Kier alpha value is -4.11. The second-order valence-electron chi connectivity index (χ2n) is 8.73. The lowest BCUT2D eigenvalue weighted by Crippen LogP contribution is -2.63. The van der Waals surface area contributed by atoms with Gasteiger partial charge in [-0.1, -0.05) is 5.11 Å². The van der Waals surface area contributed by atoms with Crippen molar-refractivity contribution in [3.05, 3.63) is 10.4 Å². The molecule has 0 unspecified atom stereocenters. The number of methoxy groups -OCH3 is 1. The van der Waals surface area contributed by atoms with Crippen LogP contribution in [0.4, 0.5) is 4.79 Å². The van der Waals surface area contributed by atoms with Crippen molar-refractivity contribution in [3.63, 3.8) is 0 Å². The molecule has 1 aliphatic rings. The molecule has 1 saturated heterocycles. The van der Waals surface area contributed by atoms with Crippen molar-refractivity contribution in [2.75, 3.05) is 13.7 Å². The molecule has 1 amide bonds. The first-order valence-corrected chi connectivity index (χ1v) is 11.0. The molecule has 17 heteroatoms. The molecule has 1 heterocycles. The molecule has 1 aliphatic heterocycles. The predicted octanol–water partition coefficient (Wildman–Crippen LogP) is 0.426. The number of alkyl carbamates (subject to hydrolysis) is 1. The van der Waals surface area contributed by atoms with Gasteiger partial charge in [0.2, 0.25) is 0 Å². The Labute approximate surface area is 216 Å². The number of nitrogens with zero attached hydrogens (tertiary/aromatic N) is 3. The first-order valence-electron chi connectivity index (χ1n) is 11.0. The average Bonchev–Trinajstić information content (AvgIpc) is 2.77. The van der Waals surface area contributed by atoms with E-state index in [4.69, 9.17) is 34.0 Å². The first kappa shape index (κ1) is 31.9. The minimum absolute atomic E-state index is 0.796. The maximum Gasteiger partial charge on any atom is 0.408 e. The van der Waals surface area contributed by atoms with Crippen LogP contribution in [0.25, 0.3) is 10.4 Å². The minimum atomic E-state index is -1.90. The van der Waals surface area contributed by atoms with Gasteiger partial charge in [-0.2, -0.15) is 0 Å². The Kier molecular flexibility index (Phi) is 11.8. The van der Waals surface area contributed by atoms with Crippen molar-refractivity contribution in [2.45, 2.75) is 83.8 Å². The van der Waals surface area contributed by atoms with E-state index in [1.807, 2.05) is 0 Å². The maximum atomic E-state index is 13.0. The van der Waals surface area contributed by atoms with Gasteiger partial charge in [-0.25, -0.2) is 14.4 Å². The van der Waals surface area contributed by atoms with Crippen molar-refractivity contribution in [1.29, 1.82) is 0 Å². The molecule has 0 aromatic carbocycles. The van der Waals surface area contributed by atoms with Gasteiger partial charge in [0.05, 0.1) is 7.11 Å².